The molecular formula is C12H22BNO2. The fourth-order valence-corrected chi connectivity index (χ4v) is 4.13. The van der Waals surface area contributed by atoms with Gasteiger partial charge in [-0.25, -0.2) is 0 Å². The summed E-state index contributed by atoms with van der Waals surface area (Å²) in [5, 5.41) is 0. The predicted octanol–water partition coefficient (Wildman–Crippen LogP) is 1.60. The molecule has 4 aliphatic rings. The van der Waals surface area contributed by atoms with Crippen LogP contribution in [0.4, 0.5) is 0 Å². The highest BCUT2D eigenvalue weighted by molar-refractivity contribution is 6.47. The molecule has 3 saturated carbocycles. The quantitative estimate of drug-likeness (QED) is 0.686. The minimum atomic E-state index is -0.204. The maximum absolute atomic E-state index is 6.15. The molecule has 0 spiro atoms. The molecule has 0 aromatic rings. The summed E-state index contributed by atoms with van der Waals surface area (Å²) in [5.41, 5.74) is 6.20. The van der Waals surface area contributed by atoms with Gasteiger partial charge >= 0.3 is 7.12 Å². The molecule has 1 heterocycles. The second-order valence-corrected chi connectivity index (χ2v) is 6.70. The van der Waals surface area contributed by atoms with Gasteiger partial charge in [-0.15, -0.1) is 0 Å². The second kappa shape index (κ2) is 3.03. The van der Waals surface area contributed by atoms with Crippen molar-refractivity contribution in [1.82, 2.24) is 0 Å². The molecule has 0 aromatic carbocycles. The van der Waals surface area contributed by atoms with Crippen LogP contribution in [0, 0.1) is 17.3 Å². The molecule has 0 unspecified atom stereocenters. The van der Waals surface area contributed by atoms with Crippen molar-refractivity contribution in [3.8, 4) is 0 Å². The first-order valence-electron chi connectivity index (χ1n) is 6.44. The number of rotatable bonds is 1. The van der Waals surface area contributed by atoms with E-state index in [4.69, 9.17) is 15.0 Å². The zero-order valence-corrected chi connectivity index (χ0v) is 10.7. The third kappa shape index (κ3) is 1.16. The summed E-state index contributed by atoms with van der Waals surface area (Å²) in [4.78, 5) is 0. The highest BCUT2D eigenvalue weighted by Crippen LogP contribution is 2.65. The molecule has 3 aliphatic carbocycles. The summed E-state index contributed by atoms with van der Waals surface area (Å²) in [5.74, 6) is 1.40. The molecule has 0 radical (unpaired) electrons. The molecule has 2 bridgehead atoms. The van der Waals surface area contributed by atoms with Crippen molar-refractivity contribution in [2.24, 2.45) is 23.0 Å². The Morgan fingerprint density at radius 2 is 2.00 bits per heavy atom. The van der Waals surface area contributed by atoms with Crippen molar-refractivity contribution >= 4 is 7.12 Å². The molecule has 4 fully saturated rings. The Hall–Kier alpha value is -0.0551. The van der Waals surface area contributed by atoms with Crippen molar-refractivity contribution < 1.29 is 9.31 Å². The van der Waals surface area contributed by atoms with Crippen LogP contribution in [0.15, 0.2) is 0 Å². The highest BCUT2D eigenvalue weighted by Gasteiger charge is 2.68. The van der Waals surface area contributed by atoms with Gasteiger partial charge in [-0.05, 0) is 37.0 Å². The Labute approximate surface area is 98.2 Å². The van der Waals surface area contributed by atoms with E-state index in [0.29, 0.717) is 11.3 Å². The van der Waals surface area contributed by atoms with E-state index in [0.717, 1.165) is 12.3 Å². The normalized spacial score (nSPS) is 50.8. The minimum Gasteiger partial charge on any atom is -0.404 e. The van der Waals surface area contributed by atoms with Gasteiger partial charge in [-0.2, -0.15) is 0 Å². The Morgan fingerprint density at radius 3 is 2.56 bits per heavy atom. The van der Waals surface area contributed by atoms with Gasteiger partial charge in [0.1, 0.15) is 0 Å². The molecule has 16 heavy (non-hydrogen) atoms. The fourth-order valence-electron chi connectivity index (χ4n) is 4.13. The van der Waals surface area contributed by atoms with E-state index in [1.807, 2.05) is 6.92 Å². The van der Waals surface area contributed by atoms with E-state index in [1.54, 1.807) is 0 Å². The van der Waals surface area contributed by atoms with E-state index >= 15 is 0 Å². The van der Waals surface area contributed by atoms with Gasteiger partial charge in [0.2, 0.25) is 0 Å². The summed E-state index contributed by atoms with van der Waals surface area (Å²) >= 11 is 0. The minimum absolute atomic E-state index is 0.0391. The molecule has 0 amide bonds. The number of hydrogen-bond donors (Lipinski definition) is 1. The Bertz CT molecular complexity index is 320. The van der Waals surface area contributed by atoms with Gasteiger partial charge in [0.25, 0.3) is 0 Å². The summed E-state index contributed by atoms with van der Waals surface area (Å²) < 4.78 is 12.1. The monoisotopic (exact) mass is 223 g/mol. The predicted molar refractivity (Wildman–Crippen MR) is 63.8 cm³/mol. The lowest BCUT2D eigenvalue weighted by atomic mass is 9.43. The molecule has 5 atom stereocenters. The Morgan fingerprint density at radius 1 is 1.31 bits per heavy atom. The van der Waals surface area contributed by atoms with E-state index < -0.39 is 0 Å². The molecule has 3 nitrogen and oxygen atoms in total. The van der Waals surface area contributed by atoms with Gasteiger partial charge in [-0.3, -0.25) is 0 Å². The van der Waals surface area contributed by atoms with E-state index in [9.17, 15) is 0 Å². The third-order valence-corrected chi connectivity index (χ3v) is 5.40. The zero-order chi connectivity index (χ0) is 11.7. The van der Waals surface area contributed by atoms with Crippen molar-refractivity contribution in [3.05, 3.63) is 0 Å². The van der Waals surface area contributed by atoms with Gasteiger partial charge in [0.05, 0.1) is 11.7 Å². The molecule has 4 rings (SSSR count). The van der Waals surface area contributed by atoms with Crippen LogP contribution in [0.2, 0.25) is 0 Å². The van der Waals surface area contributed by atoms with Crippen LogP contribution < -0.4 is 5.73 Å². The maximum Gasteiger partial charge on any atom is 0.475 e. The van der Waals surface area contributed by atoms with Gasteiger partial charge in [0.15, 0.2) is 0 Å². The van der Waals surface area contributed by atoms with Gasteiger partial charge in [0, 0.05) is 5.94 Å². The molecule has 1 aliphatic heterocycles. The fraction of sp³-hybridized carbons (Fsp3) is 1.00. The molecule has 4 heteroatoms. The lowest BCUT2D eigenvalue weighted by Crippen LogP contribution is -2.65. The smallest absolute Gasteiger partial charge is 0.404 e. The average Bonchev–Trinajstić information content (AvgIpc) is 2.54. The van der Waals surface area contributed by atoms with Crippen LogP contribution in [0.1, 0.15) is 40.5 Å². The summed E-state index contributed by atoms with van der Waals surface area (Å²) in [6.07, 6.45) is 2.71. The zero-order valence-electron chi connectivity index (χ0n) is 10.7. The van der Waals surface area contributed by atoms with Crippen molar-refractivity contribution in [2.45, 2.75) is 58.2 Å². The first-order valence-corrected chi connectivity index (χ1v) is 6.44. The first kappa shape index (κ1) is 11.1. The van der Waals surface area contributed by atoms with E-state index in [2.05, 4.69) is 20.8 Å². The van der Waals surface area contributed by atoms with Crippen molar-refractivity contribution in [3.63, 3.8) is 0 Å². The lowest BCUT2D eigenvalue weighted by Gasteiger charge is -2.64. The van der Waals surface area contributed by atoms with Crippen LogP contribution in [0.5, 0.6) is 0 Å². The summed E-state index contributed by atoms with van der Waals surface area (Å²) in [6, 6.07) is 0. The molecule has 90 valence electrons. The standard InChI is InChI=1S/C12H22BNO2/c1-7(14)13-15-10-6-8-5-9(11(8,2)3)12(10,4)16-13/h7-10H,5-6,14H2,1-4H3/t7-,8-,9-,10+,12-/m1/s1. The lowest BCUT2D eigenvalue weighted by molar-refractivity contribution is -0.199. The van der Waals surface area contributed by atoms with Crippen LogP contribution in [0.3, 0.4) is 0 Å². The number of hydrogen-bond acceptors (Lipinski definition) is 3. The molecular weight excluding hydrogens is 201 g/mol. The second-order valence-electron chi connectivity index (χ2n) is 6.70. The molecule has 0 aromatic heterocycles. The van der Waals surface area contributed by atoms with E-state index in [1.165, 1.54) is 6.42 Å². The maximum atomic E-state index is 6.15. The first-order chi connectivity index (χ1) is 7.35. The third-order valence-electron chi connectivity index (χ3n) is 5.40. The summed E-state index contributed by atoms with van der Waals surface area (Å²) in [6.45, 7) is 8.93. The summed E-state index contributed by atoms with van der Waals surface area (Å²) in [7, 11) is -0.204. The molecule has 1 saturated heterocycles. The Balaban J connectivity index is 1.87. The average molecular weight is 223 g/mol. The van der Waals surface area contributed by atoms with Crippen molar-refractivity contribution in [2.75, 3.05) is 0 Å². The SMILES string of the molecule is C[C@@H](N)B1O[C@H]2C[C@H]3C[C@H](C3(C)C)[C@@]2(C)O1. The number of nitrogens with two attached hydrogens (primary N) is 1. The van der Waals surface area contributed by atoms with E-state index in [-0.39, 0.29) is 24.8 Å². The van der Waals surface area contributed by atoms with Crippen molar-refractivity contribution in [1.29, 1.82) is 0 Å². The van der Waals surface area contributed by atoms with Crippen LogP contribution in [-0.4, -0.2) is 24.8 Å². The topological polar surface area (TPSA) is 44.5 Å². The van der Waals surface area contributed by atoms with Crippen LogP contribution >= 0.6 is 0 Å². The largest absolute Gasteiger partial charge is 0.475 e. The van der Waals surface area contributed by atoms with Crippen LogP contribution in [-0.2, 0) is 9.31 Å². The van der Waals surface area contributed by atoms with Gasteiger partial charge < -0.3 is 15.0 Å². The Kier molecular flexibility index (Phi) is 2.10. The highest BCUT2D eigenvalue weighted by atomic mass is 16.7. The van der Waals surface area contributed by atoms with Gasteiger partial charge in [-0.1, -0.05) is 20.8 Å². The van der Waals surface area contributed by atoms with Crippen LogP contribution in [0.25, 0.3) is 0 Å². The molecule has 2 N–H and O–H groups in total.